The Balaban J connectivity index is 1.90. The summed E-state index contributed by atoms with van der Waals surface area (Å²) in [6, 6.07) is 14.4. The highest BCUT2D eigenvalue weighted by Crippen LogP contribution is 2.15. The number of rotatable bonds is 6. The third-order valence-corrected chi connectivity index (χ3v) is 6.17. The number of sulfone groups is 1. The average Bonchev–Trinajstić information content (AvgIpc) is 2.55. The van der Waals surface area contributed by atoms with Crippen molar-refractivity contribution in [2.75, 3.05) is 5.32 Å². The summed E-state index contributed by atoms with van der Waals surface area (Å²) >= 11 is 0. The molecular formula is C19H24N2O3S. The van der Waals surface area contributed by atoms with Crippen LogP contribution in [0.3, 0.4) is 0 Å². The molecule has 0 spiro atoms. The number of hydrogen-bond acceptors (Lipinski definition) is 3. The van der Waals surface area contributed by atoms with E-state index in [0.717, 1.165) is 11.1 Å². The first-order valence-electron chi connectivity index (χ1n) is 8.18. The van der Waals surface area contributed by atoms with Crippen molar-refractivity contribution in [2.45, 2.75) is 38.3 Å². The van der Waals surface area contributed by atoms with Gasteiger partial charge >= 0.3 is 6.03 Å². The van der Waals surface area contributed by atoms with E-state index in [2.05, 4.69) is 10.6 Å². The molecule has 0 radical (unpaired) electrons. The summed E-state index contributed by atoms with van der Waals surface area (Å²) in [5, 5.41) is 5.15. The van der Waals surface area contributed by atoms with E-state index in [1.165, 1.54) is 0 Å². The van der Waals surface area contributed by atoms with Crippen LogP contribution in [0.1, 0.15) is 30.5 Å². The number of hydrogen-bond donors (Lipinski definition) is 2. The highest BCUT2D eigenvalue weighted by atomic mass is 32.2. The Morgan fingerprint density at radius 2 is 1.68 bits per heavy atom. The van der Waals surface area contributed by atoms with Crippen molar-refractivity contribution < 1.29 is 13.2 Å². The standard InChI is InChI=1S/C19H24N2O3S/c1-14(2)25(23,24)13-16-8-10-18(11-9-16)21-19(22)20-12-17-7-5-4-6-15(17)3/h4-11,14H,12-13H2,1-3H3,(H2,20,21,22). The van der Waals surface area contributed by atoms with Crippen LogP contribution in [0.5, 0.6) is 0 Å². The second kappa shape index (κ2) is 8.16. The van der Waals surface area contributed by atoms with Crippen molar-refractivity contribution in [1.29, 1.82) is 0 Å². The maximum atomic E-state index is 12.0. The van der Waals surface area contributed by atoms with Gasteiger partial charge in [0.05, 0.1) is 11.0 Å². The van der Waals surface area contributed by atoms with Gasteiger partial charge in [0.15, 0.2) is 9.84 Å². The monoisotopic (exact) mass is 360 g/mol. The summed E-state index contributed by atoms with van der Waals surface area (Å²) in [7, 11) is -3.13. The summed E-state index contributed by atoms with van der Waals surface area (Å²) in [6.07, 6.45) is 0. The van der Waals surface area contributed by atoms with E-state index >= 15 is 0 Å². The Morgan fingerprint density at radius 1 is 1.04 bits per heavy atom. The van der Waals surface area contributed by atoms with Crippen molar-refractivity contribution in [3.05, 3.63) is 65.2 Å². The van der Waals surface area contributed by atoms with Gasteiger partial charge in [-0.15, -0.1) is 0 Å². The number of nitrogens with one attached hydrogen (secondary N) is 2. The molecular weight excluding hydrogens is 336 g/mol. The lowest BCUT2D eigenvalue weighted by molar-refractivity contribution is 0.251. The Bertz CT molecular complexity index is 828. The molecule has 0 saturated heterocycles. The van der Waals surface area contributed by atoms with Crippen LogP contribution in [0.15, 0.2) is 48.5 Å². The molecule has 134 valence electrons. The molecule has 0 aliphatic carbocycles. The minimum Gasteiger partial charge on any atom is -0.334 e. The molecule has 0 aliphatic heterocycles. The third kappa shape index (κ3) is 5.60. The topological polar surface area (TPSA) is 75.3 Å². The molecule has 0 aliphatic rings. The molecule has 0 aromatic heterocycles. The summed E-state index contributed by atoms with van der Waals surface area (Å²) < 4.78 is 23.9. The molecule has 25 heavy (non-hydrogen) atoms. The molecule has 2 aromatic carbocycles. The first-order valence-corrected chi connectivity index (χ1v) is 9.89. The van der Waals surface area contributed by atoms with Gasteiger partial charge in [-0.1, -0.05) is 36.4 Å². The minimum absolute atomic E-state index is 0.00439. The number of benzene rings is 2. The van der Waals surface area contributed by atoms with E-state index in [1.54, 1.807) is 38.1 Å². The number of carbonyl (C=O) groups excluding carboxylic acids is 1. The molecule has 2 aromatic rings. The van der Waals surface area contributed by atoms with Gasteiger partial charge in [0.1, 0.15) is 0 Å². The zero-order valence-corrected chi connectivity index (χ0v) is 15.6. The number of urea groups is 1. The van der Waals surface area contributed by atoms with Crippen LogP contribution >= 0.6 is 0 Å². The van der Waals surface area contributed by atoms with E-state index in [0.29, 0.717) is 17.8 Å². The Kier molecular flexibility index (Phi) is 6.20. The van der Waals surface area contributed by atoms with Gasteiger partial charge in [0.2, 0.25) is 0 Å². The average molecular weight is 360 g/mol. The first kappa shape index (κ1) is 19.0. The molecule has 0 saturated carbocycles. The van der Waals surface area contributed by atoms with Crippen molar-refractivity contribution in [3.63, 3.8) is 0 Å². The predicted octanol–water partition coefficient (Wildman–Crippen LogP) is 3.64. The van der Waals surface area contributed by atoms with Crippen molar-refractivity contribution in [2.24, 2.45) is 0 Å². The van der Waals surface area contributed by atoms with Gasteiger partial charge in [0.25, 0.3) is 0 Å². The van der Waals surface area contributed by atoms with Crippen LogP contribution in [-0.4, -0.2) is 19.7 Å². The maximum Gasteiger partial charge on any atom is 0.319 e. The molecule has 2 rings (SSSR count). The number of anilines is 1. The smallest absolute Gasteiger partial charge is 0.319 e. The predicted molar refractivity (Wildman–Crippen MR) is 101 cm³/mol. The van der Waals surface area contributed by atoms with E-state index < -0.39 is 15.1 Å². The van der Waals surface area contributed by atoms with Gasteiger partial charge in [0, 0.05) is 12.2 Å². The molecule has 0 heterocycles. The molecule has 5 nitrogen and oxygen atoms in total. The fraction of sp³-hybridized carbons (Fsp3) is 0.316. The van der Waals surface area contributed by atoms with Crippen LogP contribution in [0.25, 0.3) is 0 Å². The second-order valence-corrected chi connectivity index (χ2v) is 8.84. The highest BCUT2D eigenvalue weighted by Gasteiger charge is 2.16. The normalized spacial score (nSPS) is 11.4. The number of carbonyl (C=O) groups is 1. The fourth-order valence-corrected chi connectivity index (χ4v) is 3.23. The van der Waals surface area contributed by atoms with Gasteiger partial charge in [-0.2, -0.15) is 0 Å². The largest absolute Gasteiger partial charge is 0.334 e. The summed E-state index contributed by atoms with van der Waals surface area (Å²) in [5.74, 6) is 0.00439. The van der Waals surface area contributed by atoms with Crippen LogP contribution in [0.4, 0.5) is 10.5 Å². The van der Waals surface area contributed by atoms with Gasteiger partial charge in [-0.25, -0.2) is 13.2 Å². The van der Waals surface area contributed by atoms with E-state index in [-0.39, 0.29) is 11.8 Å². The molecule has 6 heteroatoms. The molecule has 2 amide bonds. The van der Waals surface area contributed by atoms with Crippen molar-refractivity contribution in [3.8, 4) is 0 Å². The van der Waals surface area contributed by atoms with Crippen LogP contribution in [-0.2, 0) is 22.1 Å². The number of amides is 2. The molecule has 0 unspecified atom stereocenters. The summed E-state index contributed by atoms with van der Waals surface area (Å²) in [4.78, 5) is 12.0. The Morgan fingerprint density at radius 3 is 2.28 bits per heavy atom. The van der Waals surface area contributed by atoms with E-state index in [9.17, 15) is 13.2 Å². The quantitative estimate of drug-likeness (QED) is 0.826. The van der Waals surface area contributed by atoms with Crippen LogP contribution in [0.2, 0.25) is 0 Å². The SMILES string of the molecule is Cc1ccccc1CNC(=O)Nc1ccc(CS(=O)(=O)C(C)C)cc1. The lowest BCUT2D eigenvalue weighted by Crippen LogP contribution is -2.28. The Hall–Kier alpha value is -2.34. The van der Waals surface area contributed by atoms with Gasteiger partial charge < -0.3 is 10.6 Å². The lowest BCUT2D eigenvalue weighted by atomic mass is 10.1. The zero-order valence-electron chi connectivity index (χ0n) is 14.7. The maximum absolute atomic E-state index is 12.0. The zero-order chi connectivity index (χ0) is 18.4. The molecule has 0 fully saturated rings. The fourth-order valence-electron chi connectivity index (χ4n) is 2.24. The molecule has 0 atom stereocenters. The van der Waals surface area contributed by atoms with Gasteiger partial charge in [-0.05, 0) is 49.6 Å². The Labute approximate surface area is 149 Å². The summed E-state index contributed by atoms with van der Waals surface area (Å²) in [5.41, 5.74) is 3.51. The van der Waals surface area contributed by atoms with Crippen molar-refractivity contribution in [1.82, 2.24) is 5.32 Å². The van der Waals surface area contributed by atoms with Crippen molar-refractivity contribution >= 4 is 21.6 Å². The first-order chi connectivity index (χ1) is 11.8. The lowest BCUT2D eigenvalue weighted by Gasteiger charge is -2.11. The molecule has 2 N–H and O–H groups in total. The highest BCUT2D eigenvalue weighted by molar-refractivity contribution is 7.91. The van der Waals surface area contributed by atoms with Gasteiger partial charge in [-0.3, -0.25) is 0 Å². The molecule has 0 bridgehead atoms. The number of aryl methyl sites for hydroxylation is 1. The van der Waals surface area contributed by atoms with Crippen LogP contribution in [0, 0.1) is 6.92 Å². The second-order valence-electron chi connectivity index (χ2n) is 6.29. The van der Waals surface area contributed by atoms with E-state index in [4.69, 9.17) is 0 Å². The summed E-state index contributed by atoms with van der Waals surface area (Å²) in [6.45, 7) is 5.79. The van der Waals surface area contributed by atoms with E-state index in [1.807, 2.05) is 31.2 Å². The van der Waals surface area contributed by atoms with Crippen LogP contribution < -0.4 is 10.6 Å². The third-order valence-electron chi connectivity index (χ3n) is 4.00. The minimum atomic E-state index is -3.13.